The Balaban J connectivity index is 4.35. The van der Waals surface area contributed by atoms with Gasteiger partial charge in [0.25, 0.3) is 0 Å². The zero-order valence-electron chi connectivity index (χ0n) is 9.06. The van der Waals surface area contributed by atoms with Gasteiger partial charge in [-0.05, 0) is 6.42 Å². The Bertz CT molecular complexity index is 270. The van der Waals surface area contributed by atoms with Gasteiger partial charge in [-0.3, -0.25) is 4.79 Å². The highest BCUT2D eigenvalue weighted by Gasteiger charge is 2.17. The lowest BCUT2D eigenvalue weighted by Crippen LogP contribution is -2.43. The molecule has 0 aromatic heterocycles. The van der Waals surface area contributed by atoms with Gasteiger partial charge in [-0.2, -0.15) is 0 Å². The summed E-state index contributed by atoms with van der Waals surface area (Å²) in [7, 11) is 1.44. The Labute approximate surface area is 89.7 Å². The average Bonchev–Trinajstić information content (AvgIpc) is 2.15. The number of carboxylic acid groups (broad SMARTS) is 1. The molecule has 1 N–H and O–H groups in total. The molecule has 0 aromatic rings. The molecule has 0 heterocycles. The van der Waals surface area contributed by atoms with E-state index in [9.17, 15) is 9.59 Å². The lowest BCUT2D eigenvalue weighted by molar-refractivity contribution is -0.137. The van der Waals surface area contributed by atoms with Crippen molar-refractivity contribution in [2.24, 2.45) is 0 Å². The number of aliphatic carboxylic acids is 1. The van der Waals surface area contributed by atoms with E-state index >= 15 is 0 Å². The van der Waals surface area contributed by atoms with E-state index in [-0.39, 0.29) is 19.1 Å². The van der Waals surface area contributed by atoms with Crippen molar-refractivity contribution >= 4 is 12.0 Å². The molecule has 0 bridgehead atoms. The summed E-state index contributed by atoms with van der Waals surface area (Å²) in [5, 5.41) is 8.52. The zero-order chi connectivity index (χ0) is 11.8. The number of terminal acetylenes is 1. The summed E-state index contributed by atoms with van der Waals surface area (Å²) in [6.07, 6.45) is 5.91. The summed E-state index contributed by atoms with van der Waals surface area (Å²) in [5.74, 6) is 1.33. The summed E-state index contributed by atoms with van der Waals surface area (Å²) < 4.78 is 0. The fraction of sp³-hybridized carbons (Fsp3) is 0.600. The second-order valence-electron chi connectivity index (χ2n) is 3.16. The lowest BCUT2D eigenvalue weighted by atomic mass is 10.4. The quantitative estimate of drug-likeness (QED) is 0.674. The Morgan fingerprint density at radius 3 is 2.47 bits per heavy atom. The molecular weight excluding hydrogens is 196 g/mol. The van der Waals surface area contributed by atoms with Crippen molar-refractivity contribution in [3.05, 3.63) is 0 Å². The SMILES string of the molecule is C#CCN(CCC)C(=O)N(C)CC(=O)O. The molecule has 0 aliphatic rings. The molecule has 0 spiro atoms. The molecule has 0 rings (SSSR count). The summed E-state index contributed by atoms with van der Waals surface area (Å²) in [6.45, 7) is 2.35. The second-order valence-corrected chi connectivity index (χ2v) is 3.16. The largest absolute Gasteiger partial charge is 0.480 e. The van der Waals surface area contributed by atoms with E-state index in [0.29, 0.717) is 6.54 Å². The molecule has 84 valence electrons. The van der Waals surface area contributed by atoms with Gasteiger partial charge in [-0.1, -0.05) is 12.8 Å². The Morgan fingerprint density at radius 2 is 2.07 bits per heavy atom. The highest BCUT2D eigenvalue weighted by Crippen LogP contribution is 1.98. The van der Waals surface area contributed by atoms with E-state index in [1.807, 2.05) is 6.92 Å². The Hall–Kier alpha value is -1.70. The number of carbonyl (C=O) groups is 2. The first-order valence-corrected chi connectivity index (χ1v) is 4.68. The molecule has 15 heavy (non-hydrogen) atoms. The molecule has 2 amide bonds. The number of hydrogen-bond acceptors (Lipinski definition) is 2. The highest BCUT2D eigenvalue weighted by molar-refractivity contribution is 5.80. The summed E-state index contributed by atoms with van der Waals surface area (Å²) >= 11 is 0. The number of hydrogen-bond donors (Lipinski definition) is 1. The van der Waals surface area contributed by atoms with Crippen LogP contribution in [0.1, 0.15) is 13.3 Å². The molecule has 0 aliphatic carbocycles. The molecule has 0 aliphatic heterocycles. The predicted molar refractivity (Wildman–Crippen MR) is 56.4 cm³/mol. The van der Waals surface area contributed by atoms with Crippen molar-refractivity contribution in [2.75, 3.05) is 26.7 Å². The molecule has 0 atom stereocenters. The zero-order valence-corrected chi connectivity index (χ0v) is 9.06. The maximum atomic E-state index is 11.7. The van der Waals surface area contributed by atoms with E-state index in [2.05, 4.69) is 5.92 Å². The standard InChI is InChI=1S/C10H16N2O3/c1-4-6-12(7-5-2)10(15)11(3)8-9(13)14/h1H,5-8H2,2-3H3,(H,13,14). The fourth-order valence-electron chi connectivity index (χ4n) is 1.13. The highest BCUT2D eigenvalue weighted by atomic mass is 16.4. The smallest absolute Gasteiger partial charge is 0.323 e. The van der Waals surface area contributed by atoms with Gasteiger partial charge < -0.3 is 14.9 Å². The molecular formula is C10H16N2O3. The van der Waals surface area contributed by atoms with Gasteiger partial charge in [0.1, 0.15) is 6.54 Å². The number of carbonyl (C=O) groups excluding carboxylic acids is 1. The summed E-state index contributed by atoms with van der Waals surface area (Å²) in [4.78, 5) is 24.6. The number of likely N-dealkylation sites (N-methyl/N-ethyl adjacent to an activating group) is 1. The number of amides is 2. The van der Waals surface area contributed by atoms with Gasteiger partial charge in [-0.25, -0.2) is 4.79 Å². The molecule has 5 heteroatoms. The van der Waals surface area contributed by atoms with E-state index in [4.69, 9.17) is 11.5 Å². The first-order valence-electron chi connectivity index (χ1n) is 4.68. The number of nitrogens with zero attached hydrogens (tertiary/aromatic N) is 2. The second kappa shape index (κ2) is 6.71. The maximum Gasteiger partial charge on any atom is 0.323 e. The van der Waals surface area contributed by atoms with Crippen LogP contribution in [0.25, 0.3) is 0 Å². The van der Waals surface area contributed by atoms with Crippen LogP contribution in [0.15, 0.2) is 0 Å². The van der Waals surface area contributed by atoms with E-state index < -0.39 is 5.97 Å². The molecule has 0 unspecified atom stereocenters. The molecule has 0 aromatic carbocycles. The fourth-order valence-corrected chi connectivity index (χ4v) is 1.13. The van der Waals surface area contributed by atoms with Gasteiger partial charge in [0.2, 0.25) is 0 Å². The Kier molecular flexibility index (Phi) is 5.95. The summed E-state index contributed by atoms with van der Waals surface area (Å²) in [5.41, 5.74) is 0. The van der Waals surface area contributed by atoms with Gasteiger partial charge >= 0.3 is 12.0 Å². The normalized spacial score (nSPS) is 9.13. The summed E-state index contributed by atoms with van der Waals surface area (Å²) in [6, 6.07) is -0.350. The minimum Gasteiger partial charge on any atom is -0.480 e. The van der Waals surface area contributed by atoms with Crippen molar-refractivity contribution in [3.63, 3.8) is 0 Å². The lowest BCUT2D eigenvalue weighted by Gasteiger charge is -2.25. The van der Waals surface area contributed by atoms with Crippen LogP contribution in [0.4, 0.5) is 4.79 Å². The van der Waals surface area contributed by atoms with Crippen LogP contribution in [0.3, 0.4) is 0 Å². The number of urea groups is 1. The molecule has 0 saturated carbocycles. The van der Waals surface area contributed by atoms with Crippen LogP contribution in [-0.4, -0.2) is 53.6 Å². The Morgan fingerprint density at radius 1 is 1.47 bits per heavy atom. The van der Waals surface area contributed by atoms with E-state index in [1.54, 1.807) is 0 Å². The van der Waals surface area contributed by atoms with Crippen LogP contribution in [-0.2, 0) is 4.79 Å². The minimum atomic E-state index is -1.04. The predicted octanol–water partition coefficient (Wildman–Crippen LogP) is 0.468. The first kappa shape index (κ1) is 13.3. The van der Waals surface area contributed by atoms with Crippen LogP contribution in [0.5, 0.6) is 0 Å². The van der Waals surface area contributed by atoms with Crippen molar-refractivity contribution in [1.29, 1.82) is 0 Å². The average molecular weight is 212 g/mol. The van der Waals surface area contributed by atoms with Crippen LogP contribution in [0.2, 0.25) is 0 Å². The van der Waals surface area contributed by atoms with E-state index in [1.165, 1.54) is 11.9 Å². The number of carboxylic acids is 1. The maximum absolute atomic E-state index is 11.7. The van der Waals surface area contributed by atoms with Crippen molar-refractivity contribution in [3.8, 4) is 12.3 Å². The van der Waals surface area contributed by atoms with Gasteiger partial charge in [0, 0.05) is 13.6 Å². The van der Waals surface area contributed by atoms with Gasteiger partial charge in [0.05, 0.1) is 6.54 Å². The van der Waals surface area contributed by atoms with Crippen molar-refractivity contribution in [1.82, 2.24) is 9.80 Å². The van der Waals surface area contributed by atoms with Crippen molar-refractivity contribution in [2.45, 2.75) is 13.3 Å². The topological polar surface area (TPSA) is 60.9 Å². The molecule has 0 fully saturated rings. The van der Waals surface area contributed by atoms with Crippen LogP contribution in [0, 0.1) is 12.3 Å². The monoisotopic (exact) mass is 212 g/mol. The van der Waals surface area contributed by atoms with Gasteiger partial charge in [-0.15, -0.1) is 6.42 Å². The third kappa shape index (κ3) is 4.91. The van der Waals surface area contributed by atoms with Crippen molar-refractivity contribution < 1.29 is 14.7 Å². The van der Waals surface area contributed by atoms with Crippen LogP contribution >= 0.6 is 0 Å². The third-order valence-corrected chi connectivity index (χ3v) is 1.75. The first-order chi connectivity index (χ1) is 7.02. The van der Waals surface area contributed by atoms with Gasteiger partial charge in [0.15, 0.2) is 0 Å². The minimum absolute atomic E-state index is 0.205. The molecule has 5 nitrogen and oxygen atoms in total. The third-order valence-electron chi connectivity index (χ3n) is 1.75. The molecule has 0 saturated heterocycles. The van der Waals surface area contributed by atoms with Crippen LogP contribution < -0.4 is 0 Å². The van der Waals surface area contributed by atoms with E-state index in [0.717, 1.165) is 11.3 Å². The number of rotatable bonds is 5. The molecule has 0 radical (unpaired) electrons.